The zero-order valence-electron chi connectivity index (χ0n) is 11.8. The van der Waals surface area contributed by atoms with Crippen LogP contribution in [0.2, 0.25) is 0 Å². The van der Waals surface area contributed by atoms with Crippen LogP contribution in [0.5, 0.6) is 0 Å². The minimum absolute atomic E-state index is 0.429. The average Bonchev–Trinajstić information content (AvgIpc) is 2.92. The first-order valence-electron chi connectivity index (χ1n) is 7.14. The Hall–Kier alpha value is -1.82. The average molecular weight is 275 g/mol. The number of nitrogens with zero attached hydrogens (tertiary/aromatic N) is 3. The van der Waals surface area contributed by atoms with E-state index in [2.05, 4.69) is 38.5 Å². The van der Waals surface area contributed by atoms with Gasteiger partial charge in [-0.25, -0.2) is 4.98 Å². The van der Waals surface area contributed by atoms with Gasteiger partial charge >= 0.3 is 0 Å². The lowest BCUT2D eigenvalue weighted by Crippen LogP contribution is -2.37. The molecule has 0 saturated carbocycles. The molecule has 2 aliphatic rings. The van der Waals surface area contributed by atoms with Gasteiger partial charge in [0, 0.05) is 31.9 Å². The zero-order valence-corrected chi connectivity index (χ0v) is 11.8. The monoisotopic (exact) mass is 275 g/mol. The molecule has 1 unspecified atom stereocenters. The van der Waals surface area contributed by atoms with Gasteiger partial charge in [0.05, 0.1) is 19.8 Å². The van der Waals surface area contributed by atoms with Crippen molar-refractivity contribution in [3.63, 3.8) is 0 Å². The third-order valence-electron chi connectivity index (χ3n) is 3.51. The highest BCUT2D eigenvalue weighted by atomic mass is 16.5. The molecule has 2 aliphatic heterocycles. The molecule has 1 aromatic rings. The number of nitrogens with one attached hydrogen (secondary N) is 2. The standard InChI is InChI=1S/C14H21N5O/c1-11-9-16-14(18-11)17-10-12-2-3-15-13(8-12)19-4-6-20-7-5-19/h2-3,8,11H,4-7,9-10H2,1H3,(H2,16,17,18). The van der Waals surface area contributed by atoms with E-state index in [9.17, 15) is 0 Å². The van der Waals surface area contributed by atoms with Gasteiger partial charge in [0.25, 0.3) is 0 Å². The van der Waals surface area contributed by atoms with Gasteiger partial charge in [0.15, 0.2) is 5.96 Å². The second-order valence-electron chi connectivity index (χ2n) is 5.21. The maximum Gasteiger partial charge on any atom is 0.191 e. The van der Waals surface area contributed by atoms with E-state index in [-0.39, 0.29) is 0 Å². The SMILES string of the molecule is CC1CN=C(NCc2ccnc(N3CCOCC3)c2)N1. The van der Waals surface area contributed by atoms with Crippen molar-refractivity contribution in [2.45, 2.75) is 19.5 Å². The minimum atomic E-state index is 0.429. The van der Waals surface area contributed by atoms with Crippen molar-refractivity contribution in [3.8, 4) is 0 Å². The summed E-state index contributed by atoms with van der Waals surface area (Å²) in [5, 5.41) is 6.62. The first-order valence-corrected chi connectivity index (χ1v) is 7.14. The van der Waals surface area contributed by atoms with Gasteiger partial charge in [-0.1, -0.05) is 0 Å². The number of hydrogen-bond donors (Lipinski definition) is 2. The van der Waals surface area contributed by atoms with Gasteiger partial charge in [-0.3, -0.25) is 4.99 Å². The summed E-state index contributed by atoms with van der Waals surface area (Å²) in [5.74, 6) is 1.92. The second-order valence-corrected chi connectivity index (χ2v) is 5.21. The Labute approximate surface area is 119 Å². The van der Waals surface area contributed by atoms with E-state index in [0.717, 1.165) is 51.2 Å². The molecule has 0 aromatic carbocycles. The maximum atomic E-state index is 5.37. The molecular weight excluding hydrogens is 254 g/mol. The smallest absolute Gasteiger partial charge is 0.191 e. The van der Waals surface area contributed by atoms with Crippen molar-refractivity contribution < 1.29 is 4.74 Å². The van der Waals surface area contributed by atoms with Crippen molar-refractivity contribution in [1.29, 1.82) is 0 Å². The molecular formula is C14H21N5O. The van der Waals surface area contributed by atoms with Crippen LogP contribution in [0.25, 0.3) is 0 Å². The van der Waals surface area contributed by atoms with Crippen LogP contribution in [0.15, 0.2) is 23.3 Å². The number of morpholine rings is 1. The number of ether oxygens (including phenoxy) is 1. The van der Waals surface area contributed by atoms with Crippen molar-refractivity contribution in [3.05, 3.63) is 23.9 Å². The van der Waals surface area contributed by atoms with E-state index in [1.807, 2.05) is 12.3 Å². The summed E-state index contributed by atoms with van der Waals surface area (Å²) in [5.41, 5.74) is 1.21. The number of aromatic nitrogens is 1. The van der Waals surface area contributed by atoms with E-state index in [4.69, 9.17) is 4.74 Å². The van der Waals surface area contributed by atoms with E-state index >= 15 is 0 Å². The normalized spacial score (nSPS) is 22.4. The summed E-state index contributed by atoms with van der Waals surface area (Å²) in [6.07, 6.45) is 1.87. The van der Waals surface area contributed by atoms with E-state index < -0.39 is 0 Å². The van der Waals surface area contributed by atoms with Crippen LogP contribution in [-0.4, -0.2) is 49.8 Å². The predicted octanol–water partition coefficient (Wildman–Crippen LogP) is 0.356. The fourth-order valence-electron chi connectivity index (χ4n) is 2.38. The molecule has 3 rings (SSSR count). The van der Waals surface area contributed by atoms with E-state index in [0.29, 0.717) is 6.04 Å². The Kier molecular flexibility index (Phi) is 4.01. The molecule has 1 atom stereocenters. The number of pyridine rings is 1. The highest BCUT2D eigenvalue weighted by Gasteiger charge is 2.14. The molecule has 0 radical (unpaired) electrons. The van der Waals surface area contributed by atoms with Crippen LogP contribution in [-0.2, 0) is 11.3 Å². The van der Waals surface area contributed by atoms with Crippen molar-refractivity contribution in [1.82, 2.24) is 15.6 Å². The summed E-state index contributed by atoms with van der Waals surface area (Å²) in [7, 11) is 0. The van der Waals surface area contributed by atoms with Gasteiger partial charge in [0.1, 0.15) is 5.82 Å². The first kappa shape index (κ1) is 13.2. The summed E-state index contributed by atoms with van der Waals surface area (Å²) >= 11 is 0. The molecule has 6 nitrogen and oxygen atoms in total. The van der Waals surface area contributed by atoms with Crippen LogP contribution in [0.3, 0.4) is 0 Å². The molecule has 3 heterocycles. The number of anilines is 1. The van der Waals surface area contributed by atoms with E-state index in [1.165, 1.54) is 5.56 Å². The van der Waals surface area contributed by atoms with Crippen LogP contribution in [0.1, 0.15) is 12.5 Å². The number of hydrogen-bond acceptors (Lipinski definition) is 6. The third kappa shape index (κ3) is 3.19. The summed E-state index contributed by atoms with van der Waals surface area (Å²) in [6.45, 7) is 7.12. The first-order chi connectivity index (χ1) is 9.81. The fourth-order valence-corrected chi connectivity index (χ4v) is 2.38. The number of aliphatic imine (C=N–C) groups is 1. The van der Waals surface area contributed by atoms with Crippen molar-refractivity contribution >= 4 is 11.8 Å². The maximum absolute atomic E-state index is 5.37. The quantitative estimate of drug-likeness (QED) is 0.834. The summed E-state index contributed by atoms with van der Waals surface area (Å²) in [6, 6.07) is 4.60. The van der Waals surface area contributed by atoms with Gasteiger partial charge < -0.3 is 20.3 Å². The highest BCUT2D eigenvalue weighted by Crippen LogP contribution is 2.14. The topological polar surface area (TPSA) is 61.8 Å². The molecule has 2 N–H and O–H groups in total. The summed E-state index contributed by atoms with van der Waals surface area (Å²) in [4.78, 5) is 11.1. The lowest BCUT2D eigenvalue weighted by atomic mass is 10.2. The fraction of sp³-hybridized carbons (Fsp3) is 0.571. The lowest BCUT2D eigenvalue weighted by molar-refractivity contribution is 0.122. The molecule has 1 fully saturated rings. The minimum Gasteiger partial charge on any atom is -0.378 e. The highest BCUT2D eigenvalue weighted by molar-refractivity contribution is 5.81. The molecule has 0 bridgehead atoms. The molecule has 0 amide bonds. The molecule has 0 spiro atoms. The molecule has 0 aliphatic carbocycles. The van der Waals surface area contributed by atoms with Gasteiger partial charge in [-0.15, -0.1) is 0 Å². The van der Waals surface area contributed by atoms with E-state index in [1.54, 1.807) is 0 Å². The predicted molar refractivity (Wildman–Crippen MR) is 79.0 cm³/mol. The van der Waals surface area contributed by atoms with Crippen molar-refractivity contribution in [2.24, 2.45) is 4.99 Å². The Morgan fingerprint density at radius 1 is 1.45 bits per heavy atom. The number of rotatable bonds is 3. The van der Waals surface area contributed by atoms with Crippen molar-refractivity contribution in [2.75, 3.05) is 37.7 Å². The van der Waals surface area contributed by atoms with Gasteiger partial charge in [-0.05, 0) is 24.6 Å². The molecule has 6 heteroatoms. The molecule has 1 aromatic heterocycles. The van der Waals surface area contributed by atoms with Crippen LogP contribution >= 0.6 is 0 Å². The van der Waals surface area contributed by atoms with Gasteiger partial charge in [0.2, 0.25) is 0 Å². The Morgan fingerprint density at radius 2 is 2.30 bits per heavy atom. The van der Waals surface area contributed by atoms with Crippen LogP contribution in [0, 0.1) is 0 Å². The lowest BCUT2D eigenvalue weighted by Gasteiger charge is -2.28. The second kappa shape index (κ2) is 6.09. The van der Waals surface area contributed by atoms with Crippen LogP contribution < -0.4 is 15.5 Å². The Bertz CT molecular complexity index is 484. The van der Waals surface area contributed by atoms with Crippen LogP contribution in [0.4, 0.5) is 5.82 Å². The van der Waals surface area contributed by atoms with Gasteiger partial charge in [-0.2, -0.15) is 0 Å². The summed E-state index contributed by atoms with van der Waals surface area (Å²) < 4.78 is 5.37. The molecule has 1 saturated heterocycles. The Balaban J connectivity index is 1.59. The number of guanidine groups is 1. The molecule has 20 heavy (non-hydrogen) atoms. The largest absolute Gasteiger partial charge is 0.378 e. The Morgan fingerprint density at radius 3 is 3.05 bits per heavy atom. The molecule has 108 valence electrons. The third-order valence-corrected chi connectivity index (χ3v) is 3.51. The zero-order chi connectivity index (χ0) is 13.8.